The van der Waals surface area contributed by atoms with Gasteiger partial charge in [0.05, 0.1) is 0 Å². The zero-order chi connectivity index (χ0) is 10.7. The van der Waals surface area contributed by atoms with Gasteiger partial charge in [-0.1, -0.05) is 11.6 Å². The number of aromatic nitrogens is 1. The summed E-state index contributed by atoms with van der Waals surface area (Å²) < 4.78 is 0. The summed E-state index contributed by atoms with van der Waals surface area (Å²) in [5.41, 5.74) is 0. The van der Waals surface area contributed by atoms with Crippen LogP contribution in [0.4, 0.5) is 5.13 Å². The Morgan fingerprint density at radius 3 is 3.20 bits per heavy atom. The minimum Gasteiger partial charge on any atom is -0.396 e. The van der Waals surface area contributed by atoms with E-state index in [0.29, 0.717) is 11.1 Å². The maximum Gasteiger partial charge on any atom is 0.186 e. The smallest absolute Gasteiger partial charge is 0.186 e. The highest BCUT2D eigenvalue weighted by Gasteiger charge is 2.21. The first-order valence-electron chi connectivity index (χ1n) is 5.26. The number of halogens is 1. The molecule has 0 radical (unpaired) electrons. The van der Waals surface area contributed by atoms with Gasteiger partial charge in [0.25, 0.3) is 0 Å². The first-order valence-corrected chi connectivity index (χ1v) is 6.52. The van der Waals surface area contributed by atoms with Crippen LogP contribution in [0.3, 0.4) is 0 Å². The van der Waals surface area contributed by atoms with Crippen molar-refractivity contribution in [1.82, 2.24) is 4.98 Å². The van der Waals surface area contributed by atoms with Crippen LogP contribution in [-0.2, 0) is 0 Å². The average Bonchev–Trinajstić information content (AvgIpc) is 2.66. The van der Waals surface area contributed by atoms with Gasteiger partial charge in [0, 0.05) is 25.1 Å². The van der Waals surface area contributed by atoms with Gasteiger partial charge in [-0.05, 0) is 25.2 Å². The third kappa shape index (κ3) is 2.83. The van der Waals surface area contributed by atoms with Gasteiger partial charge in [-0.25, -0.2) is 4.98 Å². The van der Waals surface area contributed by atoms with Crippen molar-refractivity contribution in [3.05, 3.63) is 10.5 Å². The molecule has 2 heterocycles. The number of hydrogen-bond donors (Lipinski definition) is 1. The van der Waals surface area contributed by atoms with Gasteiger partial charge in [0.2, 0.25) is 0 Å². The minimum absolute atomic E-state index is 0.289. The molecule has 1 aromatic heterocycles. The molecule has 1 fully saturated rings. The second-order valence-corrected chi connectivity index (χ2v) is 5.14. The van der Waals surface area contributed by atoms with Gasteiger partial charge in [-0.3, -0.25) is 0 Å². The number of aliphatic hydroxyl groups excluding tert-OH is 1. The van der Waals surface area contributed by atoms with E-state index in [0.717, 1.165) is 24.6 Å². The lowest BCUT2D eigenvalue weighted by Crippen LogP contribution is -2.35. The predicted octanol–water partition coefficient (Wildman–Crippen LogP) is 2.40. The first-order chi connectivity index (χ1) is 7.29. The summed E-state index contributed by atoms with van der Waals surface area (Å²) in [6.07, 6.45) is 3.30. The van der Waals surface area contributed by atoms with E-state index in [1.807, 2.05) is 5.38 Å². The molecule has 1 aromatic rings. The first kappa shape index (κ1) is 11.2. The molecule has 15 heavy (non-hydrogen) atoms. The molecule has 1 aliphatic rings. The van der Waals surface area contributed by atoms with Crippen LogP contribution in [0, 0.1) is 5.92 Å². The Kier molecular flexibility index (Phi) is 3.83. The molecule has 0 spiro atoms. The SMILES string of the molecule is OCCC1CCCN(c2nc(Cl)cs2)C1. The number of aliphatic hydroxyl groups is 1. The van der Waals surface area contributed by atoms with E-state index in [-0.39, 0.29) is 6.61 Å². The molecule has 84 valence electrons. The van der Waals surface area contributed by atoms with Gasteiger partial charge in [0.15, 0.2) is 5.13 Å². The Balaban J connectivity index is 1.98. The van der Waals surface area contributed by atoms with Crippen LogP contribution < -0.4 is 4.90 Å². The van der Waals surface area contributed by atoms with Gasteiger partial charge in [-0.2, -0.15) is 0 Å². The van der Waals surface area contributed by atoms with Crippen LogP contribution in [0.2, 0.25) is 5.15 Å². The molecular weight excluding hydrogens is 232 g/mol. The second kappa shape index (κ2) is 5.14. The molecule has 0 aliphatic carbocycles. The van der Waals surface area contributed by atoms with Gasteiger partial charge in [-0.15, -0.1) is 11.3 Å². The topological polar surface area (TPSA) is 36.4 Å². The predicted molar refractivity (Wildman–Crippen MR) is 63.8 cm³/mol. The van der Waals surface area contributed by atoms with Crippen LogP contribution in [0.5, 0.6) is 0 Å². The van der Waals surface area contributed by atoms with E-state index in [9.17, 15) is 0 Å². The van der Waals surface area contributed by atoms with Crippen LogP contribution in [0.1, 0.15) is 19.3 Å². The molecule has 1 saturated heterocycles. The van der Waals surface area contributed by atoms with Crippen LogP contribution in [0.25, 0.3) is 0 Å². The lowest BCUT2D eigenvalue weighted by Gasteiger charge is -2.32. The normalized spacial score (nSPS) is 22.0. The fourth-order valence-electron chi connectivity index (χ4n) is 2.05. The largest absolute Gasteiger partial charge is 0.396 e. The molecule has 0 bridgehead atoms. The Bertz CT molecular complexity index is 316. The van der Waals surface area contributed by atoms with Crippen LogP contribution in [0.15, 0.2) is 5.38 Å². The third-order valence-electron chi connectivity index (χ3n) is 2.79. The van der Waals surface area contributed by atoms with Crippen molar-refractivity contribution in [3.63, 3.8) is 0 Å². The number of rotatable bonds is 3. The summed E-state index contributed by atoms with van der Waals surface area (Å²) in [7, 11) is 0. The number of nitrogens with zero attached hydrogens (tertiary/aromatic N) is 2. The van der Waals surface area contributed by atoms with E-state index in [1.54, 1.807) is 11.3 Å². The highest BCUT2D eigenvalue weighted by atomic mass is 35.5. The summed E-state index contributed by atoms with van der Waals surface area (Å²) in [4.78, 5) is 6.55. The molecule has 1 N–H and O–H groups in total. The van der Waals surface area contributed by atoms with Crippen molar-refractivity contribution in [2.24, 2.45) is 5.92 Å². The minimum atomic E-state index is 0.289. The zero-order valence-corrected chi connectivity index (χ0v) is 10.1. The highest BCUT2D eigenvalue weighted by Crippen LogP contribution is 2.28. The van der Waals surface area contributed by atoms with Crippen LogP contribution >= 0.6 is 22.9 Å². The standard InChI is InChI=1S/C10H15ClN2OS/c11-9-7-15-10(12-9)13-4-1-2-8(6-13)3-5-14/h7-8,14H,1-6H2. The Hall–Kier alpha value is -0.320. The second-order valence-electron chi connectivity index (χ2n) is 3.92. The Morgan fingerprint density at radius 1 is 1.67 bits per heavy atom. The van der Waals surface area contributed by atoms with Crippen molar-refractivity contribution in [2.75, 3.05) is 24.6 Å². The zero-order valence-electron chi connectivity index (χ0n) is 8.53. The number of thiazole rings is 1. The lowest BCUT2D eigenvalue weighted by atomic mass is 9.95. The summed E-state index contributed by atoms with van der Waals surface area (Å²) in [6, 6.07) is 0. The Labute approximate surface area is 98.7 Å². The number of anilines is 1. The monoisotopic (exact) mass is 246 g/mol. The van der Waals surface area contributed by atoms with E-state index in [4.69, 9.17) is 16.7 Å². The molecule has 1 atom stereocenters. The van der Waals surface area contributed by atoms with E-state index < -0.39 is 0 Å². The fourth-order valence-corrected chi connectivity index (χ4v) is 3.03. The van der Waals surface area contributed by atoms with E-state index in [2.05, 4.69) is 9.88 Å². The average molecular weight is 247 g/mol. The summed E-state index contributed by atoms with van der Waals surface area (Å²) in [5, 5.41) is 12.4. The molecule has 2 rings (SSSR count). The van der Waals surface area contributed by atoms with Crippen LogP contribution in [-0.4, -0.2) is 29.8 Å². The molecular formula is C10H15ClN2OS. The Morgan fingerprint density at radius 2 is 2.53 bits per heavy atom. The quantitative estimate of drug-likeness (QED) is 0.890. The molecule has 3 nitrogen and oxygen atoms in total. The van der Waals surface area contributed by atoms with Crippen molar-refractivity contribution in [2.45, 2.75) is 19.3 Å². The molecule has 1 unspecified atom stereocenters. The van der Waals surface area contributed by atoms with Gasteiger partial charge in [0.1, 0.15) is 5.15 Å². The van der Waals surface area contributed by atoms with E-state index in [1.165, 1.54) is 12.8 Å². The molecule has 0 saturated carbocycles. The van der Waals surface area contributed by atoms with Crippen molar-refractivity contribution in [1.29, 1.82) is 0 Å². The third-order valence-corrected chi connectivity index (χ3v) is 4.02. The van der Waals surface area contributed by atoms with E-state index >= 15 is 0 Å². The maximum absolute atomic E-state index is 8.93. The highest BCUT2D eigenvalue weighted by molar-refractivity contribution is 7.14. The molecule has 0 amide bonds. The van der Waals surface area contributed by atoms with Crippen molar-refractivity contribution >= 4 is 28.1 Å². The molecule has 5 heteroatoms. The van der Waals surface area contributed by atoms with Gasteiger partial charge < -0.3 is 10.0 Å². The summed E-state index contributed by atoms with van der Waals surface area (Å²) in [5.74, 6) is 0.603. The van der Waals surface area contributed by atoms with Crippen molar-refractivity contribution in [3.8, 4) is 0 Å². The number of piperidine rings is 1. The maximum atomic E-state index is 8.93. The van der Waals surface area contributed by atoms with Gasteiger partial charge >= 0.3 is 0 Å². The summed E-state index contributed by atoms with van der Waals surface area (Å²) >= 11 is 7.41. The number of hydrogen-bond acceptors (Lipinski definition) is 4. The molecule has 0 aromatic carbocycles. The lowest BCUT2D eigenvalue weighted by molar-refractivity contribution is 0.244. The fraction of sp³-hybridized carbons (Fsp3) is 0.700. The molecule has 1 aliphatic heterocycles. The van der Waals surface area contributed by atoms with Crippen molar-refractivity contribution < 1.29 is 5.11 Å². The summed E-state index contributed by atoms with van der Waals surface area (Å²) in [6.45, 7) is 2.35.